The maximum Gasteiger partial charge on any atom is 0.294 e. The molecule has 100 valence electrons. The zero-order chi connectivity index (χ0) is 14.0. The van der Waals surface area contributed by atoms with Gasteiger partial charge in [0.25, 0.3) is 5.69 Å². The Morgan fingerprint density at radius 3 is 2.68 bits per heavy atom. The van der Waals surface area contributed by atoms with Crippen molar-refractivity contribution in [3.05, 3.63) is 44.7 Å². The van der Waals surface area contributed by atoms with E-state index in [-0.39, 0.29) is 21.4 Å². The molecule has 0 amide bonds. The summed E-state index contributed by atoms with van der Waals surface area (Å²) in [5, 5.41) is 18.3. The Labute approximate surface area is 119 Å². The predicted octanol–water partition coefficient (Wildman–Crippen LogP) is 3.86. The van der Waals surface area contributed by atoms with Crippen molar-refractivity contribution < 1.29 is 4.92 Å². The van der Waals surface area contributed by atoms with E-state index in [9.17, 15) is 10.1 Å². The Balaban J connectivity index is 2.38. The fourth-order valence-electron chi connectivity index (χ4n) is 1.54. The van der Waals surface area contributed by atoms with Gasteiger partial charge in [0, 0.05) is 18.8 Å². The van der Waals surface area contributed by atoms with Crippen LogP contribution in [0.3, 0.4) is 0 Å². The van der Waals surface area contributed by atoms with Crippen LogP contribution in [0.4, 0.5) is 17.1 Å². The molecule has 0 atom stereocenters. The van der Waals surface area contributed by atoms with E-state index in [0.29, 0.717) is 12.2 Å². The van der Waals surface area contributed by atoms with E-state index in [2.05, 4.69) is 10.4 Å². The third-order valence-corrected chi connectivity index (χ3v) is 3.19. The first-order valence-corrected chi connectivity index (χ1v) is 6.19. The molecule has 2 aromatic rings. The molecule has 2 rings (SSSR count). The number of aryl methyl sites for hydroxylation is 1. The van der Waals surface area contributed by atoms with Crippen LogP contribution < -0.4 is 5.32 Å². The van der Waals surface area contributed by atoms with Crippen molar-refractivity contribution in [3.8, 4) is 0 Å². The van der Waals surface area contributed by atoms with Gasteiger partial charge in [0.1, 0.15) is 5.69 Å². The molecule has 19 heavy (non-hydrogen) atoms. The number of anilines is 2. The topological polar surface area (TPSA) is 73.0 Å². The van der Waals surface area contributed by atoms with Gasteiger partial charge < -0.3 is 5.32 Å². The van der Waals surface area contributed by atoms with Crippen LogP contribution in [0.1, 0.15) is 6.92 Å². The molecule has 0 saturated heterocycles. The van der Waals surface area contributed by atoms with Crippen LogP contribution in [-0.2, 0) is 6.54 Å². The number of hydrogen-bond acceptors (Lipinski definition) is 4. The molecular weight excluding hydrogens is 291 g/mol. The Morgan fingerprint density at radius 1 is 1.42 bits per heavy atom. The highest BCUT2D eigenvalue weighted by atomic mass is 35.5. The van der Waals surface area contributed by atoms with Crippen molar-refractivity contribution in [2.24, 2.45) is 0 Å². The van der Waals surface area contributed by atoms with Gasteiger partial charge >= 0.3 is 0 Å². The van der Waals surface area contributed by atoms with E-state index in [1.165, 1.54) is 12.1 Å². The van der Waals surface area contributed by atoms with E-state index >= 15 is 0 Å². The molecule has 0 fully saturated rings. The summed E-state index contributed by atoms with van der Waals surface area (Å²) >= 11 is 11.7. The Morgan fingerprint density at radius 2 is 2.11 bits per heavy atom. The van der Waals surface area contributed by atoms with Gasteiger partial charge in [0.2, 0.25) is 0 Å². The SMILES string of the molecule is CCn1cc(Nc2cc(Cl)c(Cl)cc2[N+](=O)[O-])cn1. The molecule has 1 heterocycles. The number of rotatable bonds is 4. The minimum absolute atomic E-state index is 0.140. The van der Waals surface area contributed by atoms with E-state index in [4.69, 9.17) is 23.2 Å². The number of halogens is 2. The lowest BCUT2D eigenvalue weighted by atomic mass is 10.2. The van der Waals surface area contributed by atoms with Crippen LogP contribution in [0.15, 0.2) is 24.5 Å². The van der Waals surface area contributed by atoms with Gasteiger partial charge in [-0.05, 0) is 13.0 Å². The number of nitrogens with one attached hydrogen (secondary N) is 1. The van der Waals surface area contributed by atoms with Gasteiger partial charge in [-0.25, -0.2) is 0 Å². The molecule has 0 bridgehead atoms. The summed E-state index contributed by atoms with van der Waals surface area (Å²) in [7, 11) is 0. The van der Waals surface area contributed by atoms with Gasteiger partial charge in [0.15, 0.2) is 0 Å². The van der Waals surface area contributed by atoms with E-state index in [1.54, 1.807) is 17.1 Å². The molecular formula is C11H10Cl2N4O2. The number of nitro groups is 1. The number of aromatic nitrogens is 2. The summed E-state index contributed by atoms with van der Waals surface area (Å²) in [6.07, 6.45) is 3.32. The first-order valence-electron chi connectivity index (χ1n) is 5.44. The molecule has 0 saturated carbocycles. The Hall–Kier alpha value is -1.79. The Bertz CT molecular complexity index is 627. The fourth-order valence-corrected chi connectivity index (χ4v) is 1.87. The van der Waals surface area contributed by atoms with Crippen LogP contribution in [-0.4, -0.2) is 14.7 Å². The molecule has 1 aromatic heterocycles. The van der Waals surface area contributed by atoms with Gasteiger partial charge in [-0.2, -0.15) is 5.10 Å². The summed E-state index contributed by atoms with van der Waals surface area (Å²) in [5.74, 6) is 0. The number of benzene rings is 1. The van der Waals surface area contributed by atoms with Crippen molar-refractivity contribution in [3.63, 3.8) is 0 Å². The average Bonchev–Trinajstić information content (AvgIpc) is 2.81. The molecule has 0 aliphatic carbocycles. The second kappa shape index (κ2) is 5.46. The van der Waals surface area contributed by atoms with Crippen LogP contribution >= 0.6 is 23.2 Å². The summed E-state index contributed by atoms with van der Waals surface area (Å²) < 4.78 is 1.70. The zero-order valence-electron chi connectivity index (χ0n) is 9.93. The highest BCUT2D eigenvalue weighted by molar-refractivity contribution is 6.42. The van der Waals surface area contributed by atoms with Gasteiger partial charge in [-0.1, -0.05) is 23.2 Å². The number of hydrogen-bond donors (Lipinski definition) is 1. The van der Waals surface area contributed by atoms with Crippen molar-refractivity contribution in [1.82, 2.24) is 9.78 Å². The number of nitro benzene ring substituents is 1. The normalized spacial score (nSPS) is 10.5. The molecule has 6 nitrogen and oxygen atoms in total. The third-order valence-electron chi connectivity index (χ3n) is 2.47. The lowest BCUT2D eigenvalue weighted by Crippen LogP contribution is -1.97. The fraction of sp³-hybridized carbons (Fsp3) is 0.182. The summed E-state index contributed by atoms with van der Waals surface area (Å²) in [5.41, 5.74) is 0.775. The monoisotopic (exact) mass is 300 g/mol. The highest BCUT2D eigenvalue weighted by Crippen LogP contribution is 2.35. The van der Waals surface area contributed by atoms with Crippen LogP contribution in [0.25, 0.3) is 0 Å². The van der Waals surface area contributed by atoms with E-state index in [1.807, 2.05) is 6.92 Å². The van der Waals surface area contributed by atoms with Crippen molar-refractivity contribution in [2.75, 3.05) is 5.32 Å². The lowest BCUT2D eigenvalue weighted by Gasteiger charge is -2.06. The zero-order valence-corrected chi connectivity index (χ0v) is 11.4. The average molecular weight is 301 g/mol. The van der Waals surface area contributed by atoms with Gasteiger partial charge in [-0.15, -0.1) is 0 Å². The second-order valence-electron chi connectivity index (χ2n) is 3.75. The standard InChI is InChI=1S/C11H10Cl2N4O2/c1-2-16-6-7(5-14-16)15-10-3-8(12)9(13)4-11(10)17(18)19/h3-6,15H,2H2,1H3. The molecule has 1 aromatic carbocycles. The van der Waals surface area contributed by atoms with Crippen molar-refractivity contribution in [1.29, 1.82) is 0 Å². The lowest BCUT2D eigenvalue weighted by molar-refractivity contribution is -0.383. The third kappa shape index (κ3) is 2.97. The molecule has 0 radical (unpaired) electrons. The van der Waals surface area contributed by atoms with E-state index in [0.717, 1.165) is 0 Å². The molecule has 1 N–H and O–H groups in total. The highest BCUT2D eigenvalue weighted by Gasteiger charge is 2.17. The second-order valence-corrected chi connectivity index (χ2v) is 4.56. The first kappa shape index (κ1) is 13.6. The maximum absolute atomic E-state index is 11.0. The van der Waals surface area contributed by atoms with Crippen LogP contribution in [0.2, 0.25) is 10.0 Å². The van der Waals surface area contributed by atoms with Gasteiger partial charge in [-0.3, -0.25) is 14.8 Å². The largest absolute Gasteiger partial charge is 0.347 e. The summed E-state index contributed by atoms with van der Waals surface area (Å²) in [6.45, 7) is 2.66. The smallest absolute Gasteiger partial charge is 0.294 e. The maximum atomic E-state index is 11.0. The van der Waals surface area contributed by atoms with Gasteiger partial charge in [0.05, 0.1) is 26.9 Å². The molecule has 0 spiro atoms. The summed E-state index contributed by atoms with van der Waals surface area (Å²) in [6, 6.07) is 2.64. The van der Waals surface area contributed by atoms with Crippen molar-refractivity contribution in [2.45, 2.75) is 13.5 Å². The Kier molecular flexibility index (Phi) is 3.92. The molecule has 8 heteroatoms. The summed E-state index contributed by atoms with van der Waals surface area (Å²) in [4.78, 5) is 10.5. The van der Waals surface area contributed by atoms with E-state index < -0.39 is 4.92 Å². The number of nitrogens with zero attached hydrogens (tertiary/aromatic N) is 3. The van der Waals surface area contributed by atoms with Crippen LogP contribution in [0, 0.1) is 10.1 Å². The molecule has 0 aliphatic heterocycles. The van der Waals surface area contributed by atoms with Crippen LogP contribution in [0.5, 0.6) is 0 Å². The molecule has 0 unspecified atom stereocenters. The minimum Gasteiger partial charge on any atom is -0.347 e. The quantitative estimate of drug-likeness (QED) is 0.687. The minimum atomic E-state index is -0.519. The first-order chi connectivity index (χ1) is 9.01. The molecule has 0 aliphatic rings. The van der Waals surface area contributed by atoms with Crippen molar-refractivity contribution >= 4 is 40.3 Å². The predicted molar refractivity (Wildman–Crippen MR) is 74.3 cm³/mol.